The number of para-hydroxylation sites is 1. The predicted octanol–water partition coefficient (Wildman–Crippen LogP) is 2.75. The molecule has 2 rings (SSSR count). The number of anilines is 2. The molecule has 1 amide bonds. The van der Waals surface area contributed by atoms with Crippen molar-refractivity contribution < 1.29 is 9.18 Å². The first kappa shape index (κ1) is 10.9. The van der Waals surface area contributed by atoms with Gasteiger partial charge in [-0.3, -0.25) is 4.79 Å². The zero-order valence-electron chi connectivity index (χ0n) is 9.22. The van der Waals surface area contributed by atoms with E-state index in [0.29, 0.717) is 23.8 Å². The van der Waals surface area contributed by atoms with Gasteiger partial charge in [0.1, 0.15) is 5.82 Å². The van der Waals surface area contributed by atoms with E-state index in [4.69, 9.17) is 0 Å². The molecule has 1 aliphatic rings. The third-order valence-corrected chi connectivity index (χ3v) is 2.53. The fourth-order valence-electron chi connectivity index (χ4n) is 1.45. The monoisotopic (exact) mass is 222 g/mol. The number of hydrogen-bond donors (Lipinski definition) is 2. The number of rotatable bonds is 4. The molecule has 4 heteroatoms. The van der Waals surface area contributed by atoms with Crippen LogP contribution in [0.25, 0.3) is 0 Å². The average molecular weight is 222 g/mol. The van der Waals surface area contributed by atoms with Crippen LogP contribution in [0.4, 0.5) is 15.8 Å². The highest BCUT2D eigenvalue weighted by Crippen LogP contribution is 2.31. The Kier molecular flexibility index (Phi) is 3.08. The summed E-state index contributed by atoms with van der Waals surface area (Å²) in [5.74, 6) is -0.426. The van der Waals surface area contributed by atoms with Crippen molar-refractivity contribution in [3.05, 3.63) is 24.0 Å². The molecule has 0 radical (unpaired) electrons. The van der Waals surface area contributed by atoms with Gasteiger partial charge in [0.15, 0.2) is 0 Å². The Bertz CT molecular complexity index is 402. The molecule has 1 saturated carbocycles. The summed E-state index contributed by atoms with van der Waals surface area (Å²) < 4.78 is 13.6. The maximum Gasteiger partial charge on any atom is 0.224 e. The molecule has 0 spiro atoms. The Morgan fingerprint density at radius 1 is 1.50 bits per heavy atom. The largest absolute Gasteiger partial charge is 0.378 e. The number of benzene rings is 1. The van der Waals surface area contributed by atoms with Crippen LogP contribution >= 0.6 is 0 Å². The Morgan fingerprint density at radius 2 is 2.25 bits per heavy atom. The van der Waals surface area contributed by atoms with Gasteiger partial charge >= 0.3 is 0 Å². The van der Waals surface area contributed by atoms with Crippen molar-refractivity contribution in [2.75, 3.05) is 10.6 Å². The van der Waals surface area contributed by atoms with Crippen LogP contribution in [0, 0.1) is 5.82 Å². The first-order valence-electron chi connectivity index (χ1n) is 5.55. The lowest BCUT2D eigenvalue weighted by molar-refractivity contribution is -0.115. The SMILES string of the molecule is CCC(=O)Nc1cccc(F)c1NC1CC1. The minimum absolute atomic E-state index is 0.107. The summed E-state index contributed by atoms with van der Waals surface area (Å²) in [5, 5.41) is 5.79. The Morgan fingerprint density at radius 3 is 2.88 bits per heavy atom. The third-order valence-electron chi connectivity index (χ3n) is 2.53. The van der Waals surface area contributed by atoms with E-state index in [2.05, 4.69) is 10.6 Å². The summed E-state index contributed by atoms with van der Waals surface area (Å²) in [7, 11) is 0. The molecule has 0 bridgehead atoms. The van der Waals surface area contributed by atoms with Crippen LogP contribution in [0.2, 0.25) is 0 Å². The second-order valence-electron chi connectivity index (χ2n) is 3.98. The number of amides is 1. The predicted molar refractivity (Wildman–Crippen MR) is 62.0 cm³/mol. The summed E-state index contributed by atoms with van der Waals surface area (Å²) in [6.45, 7) is 1.77. The molecule has 86 valence electrons. The smallest absolute Gasteiger partial charge is 0.224 e. The third kappa shape index (κ3) is 2.51. The van der Waals surface area contributed by atoms with E-state index in [1.807, 2.05) is 0 Å². The molecule has 1 aliphatic carbocycles. The van der Waals surface area contributed by atoms with E-state index in [1.54, 1.807) is 19.1 Å². The van der Waals surface area contributed by atoms with Crippen molar-refractivity contribution in [3.8, 4) is 0 Å². The standard InChI is InChI=1S/C12H15FN2O/c1-2-11(16)15-10-5-3-4-9(13)12(10)14-8-6-7-8/h3-5,8,14H,2,6-7H2,1H3,(H,15,16). The van der Waals surface area contributed by atoms with E-state index in [9.17, 15) is 9.18 Å². The van der Waals surface area contributed by atoms with Crippen molar-refractivity contribution in [3.63, 3.8) is 0 Å². The maximum absolute atomic E-state index is 13.6. The fourth-order valence-corrected chi connectivity index (χ4v) is 1.45. The van der Waals surface area contributed by atoms with E-state index in [0.717, 1.165) is 12.8 Å². The summed E-state index contributed by atoms with van der Waals surface area (Å²) in [4.78, 5) is 11.3. The highest BCUT2D eigenvalue weighted by atomic mass is 19.1. The van der Waals surface area contributed by atoms with Gasteiger partial charge in [0.2, 0.25) is 5.91 Å². The van der Waals surface area contributed by atoms with Crippen LogP contribution in [-0.4, -0.2) is 11.9 Å². The molecular weight excluding hydrogens is 207 g/mol. The van der Waals surface area contributed by atoms with Crippen molar-refractivity contribution in [1.29, 1.82) is 0 Å². The molecule has 1 fully saturated rings. The first-order chi connectivity index (χ1) is 7.70. The average Bonchev–Trinajstić information content (AvgIpc) is 3.07. The number of carbonyl (C=O) groups is 1. The zero-order valence-corrected chi connectivity index (χ0v) is 9.22. The van der Waals surface area contributed by atoms with Gasteiger partial charge in [-0.1, -0.05) is 13.0 Å². The van der Waals surface area contributed by atoms with Gasteiger partial charge in [-0.2, -0.15) is 0 Å². The molecule has 1 aromatic rings. The number of hydrogen-bond acceptors (Lipinski definition) is 2. The molecule has 0 aliphatic heterocycles. The lowest BCUT2D eigenvalue weighted by atomic mass is 10.2. The molecular formula is C12H15FN2O. The van der Waals surface area contributed by atoms with Gasteiger partial charge < -0.3 is 10.6 Å². The van der Waals surface area contributed by atoms with E-state index in [1.165, 1.54) is 6.07 Å². The normalized spacial score (nSPS) is 14.6. The molecule has 0 atom stereocenters. The van der Waals surface area contributed by atoms with Crippen LogP contribution in [0.3, 0.4) is 0 Å². The Labute approximate surface area is 94.0 Å². The van der Waals surface area contributed by atoms with Gasteiger partial charge in [-0.15, -0.1) is 0 Å². The van der Waals surface area contributed by atoms with E-state index >= 15 is 0 Å². The quantitative estimate of drug-likeness (QED) is 0.822. The number of halogens is 1. The summed E-state index contributed by atoms with van der Waals surface area (Å²) >= 11 is 0. The number of carbonyl (C=O) groups excluding carboxylic acids is 1. The highest BCUT2D eigenvalue weighted by Gasteiger charge is 2.23. The second-order valence-corrected chi connectivity index (χ2v) is 3.98. The molecule has 3 nitrogen and oxygen atoms in total. The van der Waals surface area contributed by atoms with Crippen molar-refractivity contribution in [2.24, 2.45) is 0 Å². The minimum Gasteiger partial charge on any atom is -0.378 e. The van der Waals surface area contributed by atoms with Gasteiger partial charge in [0, 0.05) is 12.5 Å². The minimum atomic E-state index is -0.319. The molecule has 16 heavy (non-hydrogen) atoms. The number of nitrogens with one attached hydrogen (secondary N) is 2. The molecule has 0 aromatic heterocycles. The van der Waals surface area contributed by atoms with Gasteiger partial charge in [-0.05, 0) is 25.0 Å². The van der Waals surface area contributed by atoms with E-state index < -0.39 is 0 Å². The zero-order chi connectivity index (χ0) is 11.5. The Balaban J connectivity index is 2.20. The molecule has 0 unspecified atom stereocenters. The molecule has 2 N–H and O–H groups in total. The molecule has 1 aromatic carbocycles. The maximum atomic E-state index is 13.6. The van der Waals surface area contributed by atoms with Gasteiger partial charge in [0.25, 0.3) is 0 Å². The van der Waals surface area contributed by atoms with Crippen LogP contribution in [-0.2, 0) is 4.79 Å². The topological polar surface area (TPSA) is 41.1 Å². The first-order valence-corrected chi connectivity index (χ1v) is 5.55. The second kappa shape index (κ2) is 4.51. The van der Waals surface area contributed by atoms with Crippen LogP contribution in [0.5, 0.6) is 0 Å². The van der Waals surface area contributed by atoms with Crippen molar-refractivity contribution in [2.45, 2.75) is 32.2 Å². The van der Waals surface area contributed by atoms with Crippen molar-refractivity contribution >= 4 is 17.3 Å². The van der Waals surface area contributed by atoms with Crippen LogP contribution in [0.1, 0.15) is 26.2 Å². The molecule has 0 heterocycles. The van der Waals surface area contributed by atoms with Gasteiger partial charge in [-0.25, -0.2) is 4.39 Å². The summed E-state index contributed by atoms with van der Waals surface area (Å²) in [6.07, 6.45) is 2.52. The van der Waals surface area contributed by atoms with Gasteiger partial charge in [0.05, 0.1) is 11.4 Å². The molecule has 0 saturated heterocycles. The van der Waals surface area contributed by atoms with Crippen LogP contribution < -0.4 is 10.6 Å². The lowest BCUT2D eigenvalue weighted by Crippen LogP contribution is -2.13. The highest BCUT2D eigenvalue weighted by molar-refractivity contribution is 5.94. The summed E-state index contributed by atoms with van der Waals surface area (Å²) in [6, 6.07) is 5.06. The fraction of sp³-hybridized carbons (Fsp3) is 0.417. The van der Waals surface area contributed by atoms with E-state index in [-0.39, 0.29) is 11.7 Å². The Hall–Kier alpha value is -1.58. The van der Waals surface area contributed by atoms with Crippen LogP contribution in [0.15, 0.2) is 18.2 Å². The lowest BCUT2D eigenvalue weighted by Gasteiger charge is -2.12. The van der Waals surface area contributed by atoms with Crippen molar-refractivity contribution in [1.82, 2.24) is 0 Å². The summed E-state index contributed by atoms with van der Waals surface area (Å²) in [5.41, 5.74) is 0.936.